The van der Waals surface area contributed by atoms with Gasteiger partial charge in [0.2, 0.25) is 10.4 Å². The molecule has 1 aromatic heterocycles. The van der Waals surface area contributed by atoms with Crippen molar-refractivity contribution in [1.82, 2.24) is 4.48 Å². The summed E-state index contributed by atoms with van der Waals surface area (Å²) in [6.45, 7) is 3.93. The van der Waals surface area contributed by atoms with Gasteiger partial charge in [0.25, 0.3) is 15.1 Å². The normalized spacial score (nSPS) is 24.0. The van der Waals surface area contributed by atoms with Crippen LogP contribution in [-0.2, 0) is 26.8 Å². The molecular formula is C29H30N2O6S4+2. The second kappa shape index (κ2) is 10.0. The summed E-state index contributed by atoms with van der Waals surface area (Å²) < 4.78 is 72.3. The molecule has 41 heavy (non-hydrogen) atoms. The molecule has 3 heterocycles. The van der Waals surface area contributed by atoms with Crippen molar-refractivity contribution in [1.29, 1.82) is 0 Å². The summed E-state index contributed by atoms with van der Waals surface area (Å²) in [7, 11) is -8.62. The molecule has 1 fully saturated rings. The molecule has 0 amide bonds. The number of rotatable bonds is 7. The van der Waals surface area contributed by atoms with Crippen molar-refractivity contribution < 1.29 is 30.5 Å². The predicted octanol–water partition coefficient (Wildman–Crippen LogP) is 5.94. The van der Waals surface area contributed by atoms with Gasteiger partial charge in [-0.15, -0.1) is 0 Å². The maximum absolute atomic E-state index is 12.8. The number of thiazole rings is 1. The molecule has 3 unspecified atom stereocenters. The predicted molar refractivity (Wildman–Crippen MR) is 165 cm³/mol. The maximum Gasteiger partial charge on any atom is 0.323 e. The largest absolute Gasteiger partial charge is 0.323 e. The fourth-order valence-electron chi connectivity index (χ4n) is 5.82. The molecule has 2 aliphatic heterocycles. The molecule has 0 saturated carbocycles. The summed E-state index contributed by atoms with van der Waals surface area (Å²) in [4.78, 5) is -0.493. The Morgan fingerprint density at radius 3 is 2.37 bits per heavy atom. The van der Waals surface area contributed by atoms with Gasteiger partial charge in [0.05, 0.1) is 29.2 Å². The van der Waals surface area contributed by atoms with Crippen LogP contribution in [0.5, 0.6) is 0 Å². The van der Waals surface area contributed by atoms with Crippen LogP contribution in [-0.4, -0.2) is 42.6 Å². The number of benzene rings is 3. The lowest BCUT2D eigenvalue weighted by Crippen LogP contribution is -2.75. The molecule has 8 nitrogen and oxygen atoms in total. The van der Waals surface area contributed by atoms with Crippen LogP contribution < -0.4 is 9.05 Å². The summed E-state index contributed by atoms with van der Waals surface area (Å²) in [5.74, 6) is 0. The quantitative estimate of drug-likeness (QED) is 0.148. The first kappa shape index (κ1) is 28.5. The van der Waals surface area contributed by atoms with Crippen LogP contribution in [0.4, 0.5) is 5.69 Å². The molecule has 2 N–H and O–H groups in total. The number of para-hydroxylation sites is 1. The Kier molecular flexibility index (Phi) is 6.97. The van der Waals surface area contributed by atoms with Crippen molar-refractivity contribution in [2.75, 3.05) is 6.54 Å². The Bertz CT molecular complexity index is 1920. The van der Waals surface area contributed by atoms with Crippen LogP contribution in [0, 0.1) is 0 Å². The number of aromatic nitrogens is 1. The van der Waals surface area contributed by atoms with Crippen molar-refractivity contribution >= 4 is 65.3 Å². The van der Waals surface area contributed by atoms with Gasteiger partial charge in [-0.1, -0.05) is 59.9 Å². The lowest BCUT2D eigenvalue weighted by Gasteiger charge is -2.54. The van der Waals surface area contributed by atoms with Gasteiger partial charge in [-0.2, -0.15) is 21.4 Å². The Morgan fingerprint density at radius 1 is 1.00 bits per heavy atom. The summed E-state index contributed by atoms with van der Waals surface area (Å²) in [6, 6.07) is 23.8. The third-order valence-electron chi connectivity index (χ3n) is 8.49. The topological polar surface area (TPSA) is 113 Å². The summed E-state index contributed by atoms with van der Waals surface area (Å²) in [6.07, 6.45) is 2.49. The maximum atomic E-state index is 12.8. The molecule has 214 valence electrons. The highest BCUT2D eigenvalue weighted by Gasteiger charge is 2.70. The zero-order chi connectivity index (χ0) is 29.2. The van der Waals surface area contributed by atoms with Crippen LogP contribution in [0.15, 0.2) is 82.7 Å². The second-order valence-electron chi connectivity index (χ2n) is 10.7. The number of hydrogen-bond acceptors (Lipinski definition) is 6. The number of thioether (sulfide) groups is 1. The van der Waals surface area contributed by atoms with E-state index < -0.39 is 30.4 Å². The number of aryl methyl sites for hydroxylation is 1. The molecule has 3 aromatic carbocycles. The molecule has 3 atom stereocenters. The highest BCUT2D eigenvalue weighted by Crippen LogP contribution is 2.62. The van der Waals surface area contributed by atoms with Crippen molar-refractivity contribution in [3.8, 4) is 11.1 Å². The molecule has 1 saturated heterocycles. The van der Waals surface area contributed by atoms with Gasteiger partial charge in [0, 0.05) is 25.5 Å². The van der Waals surface area contributed by atoms with E-state index in [0.29, 0.717) is 19.5 Å². The Labute approximate surface area is 248 Å². The van der Waals surface area contributed by atoms with Gasteiger partial charge in [0.15, 0.2) is 17.3 Å². The van der Waals surface area contributed by atoms with Crippen LogP contribution >= 0.6 is 23.1 Å². The van der Waals surface area contributed by atoms with Crippen molar-refractivity contribution in [3.63, 3.8) is 0 Å². The lowest BCUT2D eigenvalue weighted by atomic mass is 9.97. The molecular weight excluding hydrogens is 601 g/mol. The van der Waals surface area contributed by atoms with E-state index in [4.69, 9.17) is 0 Å². The van der Waals surface area contributed by atoms with E-state index >= 15 is 0 Å². The van der Waals surface area contributed by atoms with Gasteiger partial charge in [-0.3, -0.25) is 9.11 Å². The van der Waals surface area contributed by atoms with Gasteiger partial charge in [-0.25, -0.2) is 4.48 Å². The van der Waals surface area contributed by atoms with Crippen LogP contribution in [0.25, 0.3) is 27.4 Å². The summed E-state index contributed by atoms with van der Waals surface area (Å²) in [5, 5.41) is 0.651. The van der Waals surface area contributed by atoms with E-state index in [-0.39, 0.29) is 10.9 Å². The first-order valence-corrected chi connectivity index (χ1v) is 17.8. The van der Waals surface area contributed by atoms with Gasteiger partial charge < -0.3 is 0 Å². The average Bonchev–Trinajstić information content (AvgIpc) is 3.45. The highest BCUT2D eigenvalue weighted by atomic mass is 32.2. The van der Waals surface area contributed by atoms with Crippen LogP contribution in [0.2, 0.25) is 0 Å². The number of quaternary nitrogens is 1. The molecule has 1 spiro atoms. The van der Waals surface area contributed by atoms with E-state index in [1.54, 1.807) is 6.92 Å². The van der Waals surface area contributed by atoms with Gasteiger partial charge >= 0.3 is 10.1 Å². The number of hydrogen-bond donors (Lipinski definition) is 2. The minimum Gasteiger partial charge on any atom is -0.285 e. The van der Waals surface area contributed by atoms with Gasteiger partial charge in [-0.05, 0) is 41.9 Å². The minimum atomic E-state index is -4.41. The first-order valence-electron chi connectivity index (χ1n) is 13.2. The van der Waals surface area contributed by atoms with Crippen LogP contribution in [0.3, 0.4) is 0 Å². The molecule has 6 rings (SSSR count). The van der Waals surface area contributed by atoms with Crippen molar-refractivity contribution in [2.24, 2.45) is 0 Å². The Morgan fingerprint density at radius 2 is 1.71 bits per heavy atom. The lowest BCUT2D eigenvalue weighted by molar-refractivity contribution is -0.669. The van der Waals surface area contributed by atoms with Crippen LogP contribution in [0.1, 0.15) is 31.7 Å². The summed E-state index contributed by atoms with van der Waals surface area (Å²) >= 11 is 3.03. The average molecular weight is 631 g/mol. The molecule has 0 bridgehead atoms. The third kappa shape index (κ3) is 4.56. The Hall–Kier alpha value is -2.58. The third-order valence-corrected chi connectivity index (χ3v) is 13.7. The standard InChI is InChI=1S/C29H28N2O6S4/c1-20(40(32,33)34)14-16-30-23-18-22(21-8-4-3-5-9-21)12-13-25(23)38-27(30)19-28-31(17-15-29(31,2)41(35,36)37)24-10-6-7-11-26(24)39-28/h3-13,18-20H,14-17H2,1-2H3/p+2. The highest BCUT2D eigenvalue weighted by molar-refractivity contribution is 8.03. The van der Waals surface area contributed by atoms with E-state index in [2.05, 4.69) is 12.1 Å². The SMILES string of the molecule is CC(CC[n+]1c(C=C2Sc3ccccc3[N+]23CCC3(C)S(=O)(=O)O)sc2ccc(-c3ccccc3)cc21)S(=O)(=O)O. The van der Waals surface area contributed by atoms with E-state index in [0.717, 1.165) is 42.0 Å². The fraction of sp³-hybridized carbons (Fsp3) is 0.276. The second-order valence-corrected chi connectivity index (χ2v) is 16.5. The fourth-order valence-corrected chi connectivity index (χ4v) is 9.91. The first-order chi connectivity index (χ1) is 19.3. The minimum absolute atomic E-state index is 0.0115. The monoisotopic (exact) mass is 630 g/mol. The van der Waals surface area contributed by atoms with Crippen molar-refractivity contribution in [3.05, 3.63) is 82.8 Å². The van der Waals surface area contributed by atoms with E-state index in [1.807, 2.05) is 71.3 Å². The van der Waals surface area contributed by atoms with E-state index in [9.17, 15) is 25.9 Å². The molecule has 0 aliphatic carbocycles. The zero-order valence-electron chi connectivity index (χ0n) is 22.5. The molecule has 0 radical (unpaired) electrons. The molecule has 4 aromatic rings. The Balaban J connectivity index is 1.53. The number of nitrogens with zero attached hydrogens (tertiary/aromatic N) is 2. The van der Waals surface area contributed by atoms with E-state index in [1.165, 1.54) is 30.0 Å². The molecule has 12 heteroatoms. The summed E-state index contributed by atoms with van der Waals surface area (Å²) in [5.41, 5.74) is 3.82. The zero-order valence-corrected chi connectivity index (χ0v) is 25.7. The number of fused-ring (bicyclic) bond motifs is 3. The van der Waals surface area contributed by atoms with Gasteiger partial charge in [0.1, 0.15) is 4.70 Å². The molecule has 2 aliphatic rings. The smallest absolute Gasteiger partial charge is 0.285 e. The van der Waals surface area contributed by atoms with Crippen molar-refractivity contribution in [2.45, 2.75) is 48.3 Å².